The van der Waals surface area contributed by atoms with E-state index in [0.717, 1.165) is 10.9 Å². The fourth-order valence-corrected chi connectivity index (χ4v) is 2.16. The molecular weight excluding hydrogens is 234 g/mol. The van der Waals surface area contributed by atoms with E-state index in [0.29, 0.717) is 6.54 Å². The predicted molar refractivity (Wildman–Crippen MR) is 55.2 cm³/mol. The van der Waals surface area contributed by atoms with Crippen LogP contribution in [0.25, 0.3) is 0 Å². The van der Waals surface area contributed by atoms with E-state index < -0.39 is 16.0 Å². The monoisotopic (exact) mass is 247 g/mol. The standard InChI is InChI=1S/C8H13N3O4S/c1-3-11-7(16(9,13)14)6(5-10-11)8(12)15-4-2/h5H,3-4H2,1-2H3,(H2,9,13,14). The minimum atomic E-state index is -4.00. The summed E-state index contributed by atoms with van der Waals surface area (Å²) < 4.78 is 28.5. The zero-order valence-electron chi connectivity index (χ0n) is 9.00. The fraction of sp³-hybridized carbons (Fsp3) is 0.500. The van der Waals surface area contributed by atoms with E-state index in [1.54, 1.807) is 13.8 Å². The number of aryl methyl sites for hydroxylation is 1. The molecule has 0 aliphatic carbocycles. The number of rotatable bonds is 4. The highest BCUT2D eigenvalue weighted by Gasteiger charge is 2.25. The highest BCUT2D eigenvalue weighted by atomic mass is 32.2. The van der Waals surface area contributed by atoms with Crippen LogP contribution in [0.2, 0.25) is 0 Å². The van der Waals surface area contributed by atoms with Gasteiger partial charge in [0.2, 0.25) is 0 Å². The van der Waals surface area contributed by atoms with Crippen LogP contribution in [0.3, 0.4) is 0 Å². The van der Waals surface area contributed by atoms with Crippen LogP contribution in [0.1, 0.15) is 24.2 Å². The summed E-state index contributed by atoms with van der Waals surface area (Å²) in [6.07, 6.45) is 1.14. The minimum absolute atomic E-state index is 0.133. The molecule has 1 heterocycles. The van der Waals surface area contributed by atoms with Crippen LogP contribution in [0.5, 0.6) is 0 Å². The van der Waals surface area contributed by atoms with Gasteiger partial charge in [0.25, 0.3) is 10.0 Å². The van der Waals surface area contributed by atoms with Gasteiger partial charge in [-0.05, 0) is 13.8 Å². The highest BCUT2D eigenvalue weighted by Crippen LogP contribution is 2.15. The average molecular weight is 247 g/mol. The van der Waals surface area contributed by atoms with Crippen molar-refractivity contribution >= 4 is 16.0 Å². The molecule has 0 bridgehead atoms. The maximum Gasteiger partial charge on any atom is 0.342 e. The van der Waals surface area contributed by atoms with Gasteiger partial charge in [-0.2, -0.15) is 5.10 Å². The summed E-state index contributed by atoms with van der Waals surface area (Å²) in [7, 11) is -4.00. The van der Waals surface area contributed by atoms with Gasteiger partial charge in [0.15, 0.2) is 5.03 Å². The Morgan fingerprint density at radius 1 is 1.56 bits per heavy atom. The van der Waals surface area contributed by atoms with Crippen molar-refractivity contribution in [3.8, 4) is 0 Å². The highest BCUT2D eigenvalue weighted by molar-refractivity contribution is 7.89. The maximum absolute atomic E-state index is 11.4. The number of sulfonamides is 1. The lowest BCUT2D eigenvalue weighted by atomic mass is 10.4. The van der Waals surface area contributed by atoms with Crippen LogP contribution in [0.15, 0.2) is 11.2 Å². The van der Waals surface area contributed by atoms with Crippen molar-refractivity contribution in [2.45, 2.75) is 25.4 Å². The SMILES string of the molecule is CCOC(=O)c1cnn(CC)c1S(N)(=O)=O. The van der Waals surface area contributed by atoms with E-state index in [-0.39, 0.29) is 17.2 Å². The van der Waals surface area contributed by atoms with Crippen LogP contribution in [0, 0.1) is 0 Å². The van der Waals surface area contributed by atoms with Crippen molar-refractivity contribution in [3.05, 3.63) is 11.8 Å². The van der Waals surface area contributed by atoms with Gasteiger partial charge in [0, 0.05) is 6.54 Å². The van der Waals surface area contributed by atoms with Gasteiger partial charge >= 0.3 is 5.97 Å². The molecule has 16 heavy (non-hydrogen) atoms. The molecule has 8 heteroatoms. The Labute approximate surface area is 93.2 Å². The van der Waals surface area contributed by atoms with Gasteiger partial charge in [-0.1, -0.05) is 0 Å². The average Bonchev–Trinajstić information content (AvgIpc) is 2.60. The molecule has 0 aliphatic heterocycles. The van der Waals surface area contributed by atoms with Crippen LogP contribution < -0.4 is 5.14 Å². The number of esters is 1. The molecule has 1 aromatic heterocycles. The van der Waals surface area contributed by atoms with Crippen molar-refractivity contribution in [2.24, 2.45) is 5.14 Å². The van der Waals surface area contributed by atoms with Crippen molar-refractivity contribution in [2.75, 3.05) is 6.61 Å². The third-order valence-electron chi connectivity index (χ3n) is 1.86. The third-order valence-corrected chi connectivity index (χ3v) is 2.83. The number of hydrogen-bond donors (Lipinski definition) is 1. The van der Waals surface area contributed by atoms with E-state index in [2.05, 4.69) is 5.10 Å². The van der Waals surface area contributed by atoms with Crippen LogP contribution in [0.4, 0.5) is 0 Å². The third kappa shape index (κ3) is 2.39. The summed E-state index contributed by atoms with van der Waals surface area (Å²) in [5.74, 6) is -0.744. The zero-order valence-corrected chi connectivity index (χ0v) is 9.82. The second kappa shape index (κ2) is 4.62. The van der Waals surface area contributed by atoms with Crippen molar-refractivity contribution in [1.82, 2.24) is 9.78 Å². The number of primary sulfonamides is 1. The predicted octanol–water partition coefficient (Wildman–Crippen LogP) is -0.273. The summed E-state index contributed by atoms with van der Waals surface area (Å²) in [5, 5.41) is 8.47. The van der Waals surface area contributed by atoms with Crippen LogP contribution in [-0.2, 0) is 21.3 Å². The van der Waals surface area contributed by atoms with E-state index >= 15 is 0 Å². The molecule has 0 aromatic carbocycles. The molecule has 0 saturated carbocycles. The quantitative estimate of drug-likeness (QED) is 0.737. The molecule has 0 aliphatic rings. The van der Waals surface area contributed by atoms with Gasteiger partial charge in [0.05, 0.1) is 12.8 Å². The normalized spacial score (nSPS) is 11.4. The van der Waals surface area contributed by atoms with E-state index in [1.807, 2.05) is 0 Å². The Hall–Kier alpha value is -1.41. The summed E-state index contributed by atoms with van der Waals surface area (Å²) >= 11 is 0. The Bertz CT molecular complexity index is 491. The summed E-state index contributed by atoms with van der Waals surface area (Å²) in [4.78, 5) is 11.4. The number of nitrogens with zero attached hydrogens (tertiary/aromatic N) is 2. The Balaban J connectivity index is 3.31. The van der Waals surface area contributed by atoms with E-state index in [1.165, 1.54) is 0 Å². The molecule has 7 nitrogen and oxygen atoms in total. The lowest BCUT2D eigenvalue weighted by Crippen LogP contribution is -2.21. The largest absolute Gasteiger partial charge is 0.462 e. The first-order valence-electron chi connectivity index (χ1n) is 4.67. The molecule has 0 fully saturated rings. The number of hydrogen-bond acceptors (Lipinski definition) is 5. The second-order valence-corrected chi connectivity index (χ2v) is 4.42. The van der Waals surface area contributed by atoms with Crippen molar-refractivity contribution in [3.63, 3.8) is 0 Å². The molecule has 0 atom stereocenters. The molecule has 0 radical (unpaired) electrons. The number of carbonyl (C=O) groups excluding carboxylic acids is 1. The maximum atomic E-state index is 11.4. The van der Waals surface area contributed by atoms with Gasteiger partial charge < -0.3 is 4.74 Å². The number of aromatic nitrogens is 2. The lowest BCUT2D eigenvalue weighted by Gasteiger charge is -2.04. The van der Waals surface area contributed by atoms with Crippen molar-refractivity contribution < 1.29 is 17.9 Å². The van der Waals surface area contributed by atoms with Gasteiger partial charge in [-0.3, -0.25) is 4.68 Å². The fourth-order valence-electron chi connectivity index (χ4n) is 1.25. The first-order chi connectivity index (χ1) is 7.41. The Morgan fingerprint density at radius 3 is 2.62 bits per heavy atom. The van der Waals surface area contributed by atoms with Gasteiger partial charge in [-0.15, -0.1) is 0 Å². The molecule has 1 aromatic rings. The van der Waals surface area contributed by atoms with Gasteiger partial charge in [0.1, 0.15) is 5.56 Å². The molecule has 0 spiro atoms. The molecule has 2 N–H and O–H groups in total. The molecule has 90 valence electrons. The topological polar surface area (TPSA) is 104 Å². The van der Waals surface area contributed by atoms with Crippen LogP contribution >= 0.6 is 0 Å². The van der Waals surface area contributed by atoms with Crippen molar-refractivity contribution in [1.29, 1.82) is 0 Å². The van der Waals surface area contributed by atoms with Crippen LogP contribution in [-0.4, -0.2) is 30.8 Å². The number of ether oxygens (including phenoxy) is 1. The summed E-state index contributed by atoms with van der Waals surface area (Å²) in [5.41, 5.74) is -0.133. The first-order valence-corrected chi connectivity index (χ1v) is 6.22. The lowest BCUT2D eigenvalue weighted by molar-refractivity contribution is 0.0521. The number of carbonyl (C=O) groups is 1. The molecule has 0 amide bonds. The second-order valence-electron chi connectivity index (χ2n) is 2.94. The minimum Gasteiger partial charge on any atom is -0.462 e. The molecule has 0 saturated heterocycles. The molecule has 1 rings (SSSR count). The summed E-state index contributed by atoms with van der Waals surface area (Å²) in [6, 6.07) is 0. The molecular formula is C8H13N3O4S. The molecule has 0 unspecified atom stereocenters. The van der Waals surface area contributed by atoms with E-state index in [9.17, 15) is 13.2 Å². The first kappa shape index (κ1) is 12.7. The Morgan fingerprint density at radius 2 is 2.19 bits per heavy atom. The zero-order chi connectivity index (χ0) is 12.3. The van der Waals surface area contributed by atoms with Gasteiger partial charge in [-0.25, -0.2) is 18.4 Å². The Kier molecular flexibility index (Phi) is 3.66. The summed E-state index contributed by atoms with van der Waals surface area (Å²) in [6.45, 7) is 3.76. The smallest absolute Gasteiger partial charge is 0.342 e. The van der Waals surface area contributed by atoms with E-state index in [4.69, 9.17) is 9.88 Å². The number of nitrogens with two attached hydrogens (primary N) is 1.